The van der Waals surface area contributed by atoms with E-state index in [0.717, 1.165) is 32.1 Å². The molecule has 36 heavy (non-hydrogen) atoms. The van der Waals surface area contributed by atoms with E-state index in [1.165, 1.54) is 85.0 Å². The highest BCUT2D eigenvalue weighted by atomic mass is 16.4. The molecule has 0 heterocycles. The Labute approximate surface area is 219 Å². The predicted molar refractivity (Wildman–Crippen MR) is 145 cm³/mol. The molecule has 3 N–H and O–H groups in total. The largest absolute Gasteiger partial charge is 0.477 e. The van der Waals surface area contributed by atoms with Gasteiger partial charge in [-0.1, -0.05) is 83.3 Å². The van der Waals surface area contributed by atoms with E-state index in [1.54, 1.807) is 0 Å². The second kappa shape index (κ2) is 20.2. The lowest BCUT2D eigenvalue weighted by Crippen LogP contribution is -2.70. The third-order valence-corrected chi connectivity index (χ3v) is 7.79. The van der Waals surface area contributed by atoms with Gasteiger partial charge in [0.05, 0.1) is 6.54 Å². The van der Waals surface area contributed by atoms with Crippen molar-refractivity contribution in [3.63, 3.8) is 0 Å². The molecule has 7 nitrogen and oxygen atoms in total. The van der Waals surface area contributed by atoms with E-state index in [-0.39, 0.29) is 6.54 Å². The van der Waals surface area contributed by atoms with Crippen LogP contribution in [0.25, 0.3) is 0 Å². The Balaban J connectivity index is 4.23. The molecule has 7 heteroatoms. The summed E-state index contributed by atoms with van der Waals surface area (Å²) in [5, 5.41) is 28.9. The van der Waals surface area contributed by atoms with Crippen LogP contribution in [0.5, 0.6) is 0 Å². The Morgan fingerprint density at radius 1 is 0.556 bits per heavy atom. The molecule has 0 rings (SSSR count). The van der Waals surface area contributed by atoms with Gasteiger partial charge in [-0.05, 0) is 59.3 Å². The molecule has 210 valence electrons. The third-order valence-electron chi connectivity index (χ3n) is 7.79. The van der Waals surface area contributed by atoms with Crippen LogP contribution in [-0.4, -0.2) is 62.4 Å². The lowest BCUT2D eigenvalue weighted by molar-refractivity contribution is -0.968. The highest BCUT2D eigenvalue weighted by Crippen LogP contribution is 2.27. The normalized spacial score (nSPS) is 15.9. The van der Waals surface area contributed by atoms with Crippen LogP contribution in [-0.2, 0) is 14.4 Å². The number of nitrogens with zero attached hydrogens (tertiary/aromatic N) is 1. The summed E-state index contributed by atoms with van der Waals surface area (Å²) in [7, 11) is 0. The first-order chi connectivity index (χ1) is 17.1. The maximum Gasteiger partial charge on any atom is 0.362 e. The molecule has 0 aromatic rings. The van der Waals surface area contributed by atoms with Crippen LogP contribution in [0.3, 0.4) is 0 Å². The lowest BCUT2D eigenvalue weighted by Gasteiger charge is -2.47. The maximum atomic E-state index is 11.8. The standard InChI is InChI=1S/C29H53NO6/c1-5-6-7-8-9-10-11-12-13-14-15-16-17-18-19-20-21-22-23-30(24(2)27(31)32,25(3)28(33)34)26(4)29(35)36/h12-13,24-26H,5-11,14-23H2,1-4H3,(H2-,31,32,33,34,35,36)/p+1/b13-12+. The van der Waals surface area contributed by atoms with Crippen molar-refractivity contribution < 1.29 is 34.2 Å². The molecule has 0 fully saturated rings. The summed E-state index contributed by atoms with van der Waals surface area (Å²) in [6.07, 6.45) is 23.4. The lowest BCUT2D eigenvalue weighted by atomic mass is 10.00. The summed E-state index contributed by atoms with van der Waals surface area (Å²) in [5.74, 6) is -3.52. The first-order valence-electron chi connectivity index (χ1n) is 14.3. The minimum Gasteiger partial charge on any atom is -0.477 e. The minimum atomic E-state index is -1.17. The monoisotopic (exact) mass is 512 g/mol. The van der Waals surface area contributed by atoms with E-state index in [4.69, 9.17) is 0 Å². The van der Waals surface area contributed by atoms with Crippen molar-refractivity contribution in [2.24, 2.45) is 0 Å². The number of aliphatic carboxylic acids is 3. The molecular weight excluding hydrogens is 458 g/mol. The highest BCUT2D eigenvalue weighted by molar-refractivity contribution is 5.77. The molecule has 3 atom stereocenters. The van der Waals surface area contributed by atoms with Gasteiger partial charge in [-0.2, -0.15) is 0 Å². The number of unbranched alkanes of at least 4 members (excludes halogenated alkanes) is 14. The first kappa shape index (κ1) is 34.1. The molecule has 0 aliphatic rings. The summed E-state index contributed by atoms with van der Waals surface area (Å²) >= 11 is 0. The molecule has 3 unspecified atom stereocenters. The molecule has 0 spiro atoms. The highest BCUT2D eigenvalue weighted by Gasteiger charge is 2.52. The molecule has 0 amide bonds. The van der Waals surface area contributed by atoms with Crippen LogP contribution in [0.1, 0.15) is 130 Å². The average Bonchev–Trinajstić information content (AvgIpc) is 2.84. The van der Waals surface area contributed by atoms with Crippen molar-refractivity contribution in [1.29, 1.82) is 0 Å². The smallest absolute Gasteiger partial charge is 0.362 e. The second-order valence-corrected chi connectivity index (χ2v) is 10.4. The van der Waals surface area contributed by atoms with E-state index in [9.17, 15) is 29.7 Å². The summed E-state index contributed by atoms with van der Waals surface area (Å²) in [4.78, 5) is 35.4. The molecule has 0 radical (unpaired) electrons. The Morgan fingerprint density at radius 2 is 0.861 bits per heavy atom. The SMILES string of the molecule is CCCCCCCC/C=C/CCCCCCCCCC[N+](C(C)C(=O)O)(C(C)C(=O)O)C(C)C(=O)O. The van der Waals surface area contributed by atoms with Crippen LogP contribution in [0.2, 0.25) is 0 Å². The molecule has 0 aromatic carbocycles. The van der Waals surface area contributed by atoms with Crippen molar-refractivity contribution in [3.05, 3.63) is 12.2 Å². The van der Waals surface area contributed by atoms with Crippen LogP contribution in [0, 0.1) is 0 Å². The van der Waals surface area contributed by atoms with Gasteiger partial charge in [-0.3, -0.25) is 4.48 Å². The quantitative estimate of drug-likeness (QED) is 0.0726. The molecule has 0 aliphatic carbocycles. The molecule has 0 aromatic heterocycles. The van der Waals surface area contributed by atoms with E-state index in [2.05, 4.69) is 19.1 Å². The Kier molecular flexibility index (Phi) is 19.1. The predicted octanol–water partition coefficient (Wildman–Crippen LogP) is 7.04. The number of allylic oxidation sites excluding steroid dienone is 2. The van der Waals surface area contributed by atoms with Crippen molar-refractivity contribution in [3.8, 4) is 0 Å². The van der Waals surface area contributed by atoms with Crippen molar-refractivity contribution in [2.75, 3.05) is 6.54 Å². The summed E-state index contributed by atoms with van der Waals surface area (Å²) in [6, 6.07) is -3.37. The maximum absolute atomic E-state index is 11.8. The number of carboxylic acids is 3. The fraction of sp³-hybridized carbons (Fsp3) is 0.828. The van der Waals surface area contributed by atoms with E-state index < -0.39 is 40.5 Å². The van der Waals surface area contributed by atoms with Crippen molar-refractivity contribution >= 4 is 17.9 Å². The third kappa shape index (κ3) is 12.9. The van der Waals surface area contributed by atoms with Gasteiger partial charge in [0.25, 0.3) is 0 Å². The number of carbonyl (C=O) groups is 3. The van der Waals surface area contributed by atoms with E-state index >= 15 is 0 Å². The van der Waals surface area contributed by atoms with Crippen LogP contribution >= 0.6 is 0 Å². The van der Waals surface area contributed by atoms with Crippen LogP contribution in [0.4, 0.5) is 0 Å². The number of hydrogen-bond donors (Lipinski definition) is 3. The van der Waals surface area contributed by atoms with Gasteiger partial charge in [0.1, 0.15) is 0 Å². The Bertz CT molecular complexity index is 597. The zero-order valence-electron chi connectivity index (χ0n) is 23.4. The number of hydrogen-bond acceptors (Lipinski definition) is 3. The Hall–Kier alpha value is -1.89. The summed E-state index contributed by atoms with van der Waals surface area (Å²) in [6.45, 7) is 6.73. The minimum absolute atomic E-state index is 0.222. The average molecular weight is 513 g/mol. The van der Waals surface area contributed by atoms with Gasteiger partial charge >= 0.3 is 17.9 Å². The fourth-order valence-electron chi connectivity index (χ4n) is 5.19. The van der Waals surface area contributed by atoms with Crippen LogP contribution in [0.15, 0.2) is 12.2 Å². The Morgan fingerprint density at radius 3 is 1.19 bits per heavy atom. The zero-order valence-corrected chi connectivity index (χ0v) is 23.4. The van der Waals surface area contributed by atoms with Crippen molar-refractivity contribution in [1.82, 2.24) is 0 Å². The number of carboxylic acid groups (broad SMARTS) is 3. The van der Waals surface area contributed by atoms with Gasteiger partial charge < -0.3 is 15.3 Å². The van der Waals surface area contributed by atoms with Gasteiger partial charge in [0.15, 0.2) is 18.1 Å². The summed E-state index contributed by atoms with van der Waals surface area (Å²) in [5.41, 5.74) is 0. The van der Waals surface area contributed by atoms with Crippen molar-refractivity contribution in [2.45, 2.75) is 149 Å². The van der Waals surface area contributed by atoms with Crippen LogP contribution < -0.4 is 0 Å². The second-order valence-electron chi connectivity index (χ2n) is 10.4. The van der Waals surface area contributed by atoms with Gasteiger partial charge in [0.2, 0.25) is 0 Å². The topological polar surface area (TPSA) is 112 Å². The number of quaternary nitrogens is 1. The molecule has 0 saturated heterocycles. The van der Waals surface area contributed by atoms with E-state index in [1.807, 2.05) is 0 Å². The molecular formula is C29H54NO6+. The zero-order chi connectivity index (χ0) is 27.4. The molecule has 0 aliphatic heterocycles. The molecule has 0 saturated carbocycles. The van der Waals surface area contributed by atoms with E-state index in [0.29, 0.717) is 6.42 Å². The van der Waals surface area contributed by atoms with Gasteiger partial charge in [-0.25, -0.2) is 14.4 Å². The number of rotatable bonds is 24. The van der Waals surface area contributed by atoms with Gasteiger partial charge in [0, 0.05) is 0 Å². The first-order valence-corrected chi connectivity index (χ1v) is 14.3. The summed E-state index contributed by atoms with van der Waals surface area (Å²) < 4.78 is -0.480. The fourth-order valence-corrected chi connectivity index (χ4v) is 5.19. The van der Waals surface area contributed by atoms with Gasteiger partial charge in [-0.15, -0.1) is 0 Å². The molecule has 0 bridgehead atoms.